The van der Waals surface area contributed by atoms with E-state index in [1.165, 1.54) is 11.8 Å². The summed E-state index contributed by atoms with van der Waals surface area (Å²) in [5.74, 6) is -3.42. The molecule has 0 aromatic heterocycles. The summed E-state index contributed by atoms with van der Waals surface area (Å²) in [6.45, 7) is 0.383. The second kappa shape index (κ2) is 9.30. The molecular weight excluding hydrogens is 336 g/mol. The van der Waals surface area contributed by atoms with Gasteiger partial charge in [0.15, 0.2) is 0 Å². The van der Waals surface area contributed by atoms with Gasteiger partial charge in [0.2, 0.25) is 17.7 Å². The van der Waals surface area contributed by atoms with Crippen LogP contribution in [0.15, 0.2) is 0 Å². The van der Waals surface area contributed by atoms with Crippen LogP contribution in [0.4, 0.5) is 0 Å². The van der Waals surface area contributed by atoms with Gasteiger partial charge in [-0.1, -0.05) is 0 Å². The molecule has 1 rings (SSSR count). The zero-order chi connectivity index (χ0) is 19.1. The van der Waals surface area contributed by atoms with Crippen molar-refractivity contribution in [1.82, 2.24) is 15.5 Å². The van der Waals surface area contributed by atoms with Gasteiger partial charge in [-0.05, 0) is 19.8 Å². The fourth-order valence-corrected chi connectivity index (χ4v) is 2.56. The lowest BCUT2D eigenvalue weighted by molar-refractivity contribution is -0.146. The van der Waals surface area contributed by atoms with E-state index in [-0.39, 0.29) is 13.1 Å². The van der Waals surface area contributed by atoms with E-state index in [4.69, 9.17) is 15.9 Å². The van der Waals surface area contributed by atoms with Crippen LogP contribution in [-0.4, -0.2) is 87.8 Å². The van der Waals surface area contributed by atoms with E-state index in [0.29, 0.717) is 12.8 Å². The average molecular weight is 360 g/mol. The number of aliphatic hydroxyl groups excluding tert-OH is 2. The van der Waals surface area contributed by atoms with Crippen LogP contribution in [0.3, 0.4) is 0 Å². The molecule has 0 radical (unpaired) electrons. The Labute approximate surface area is 144 Å². The minimum absolute atomic E-state index is 0.218. The molecule has 1 aliphatic heterocycles. The molecule has 11 nitrogen and oxygen atoms in total. The molecule has 1 heterocycles. The Hall–Kier alpha value is -2.24. The normalized spacial score (nSPS) is 20.5. The van der Waals surface area contributed by atoms with Crippen LogP contribution in [0, 0.1) is 0 Å². The first-order valence-electron chi connectivity index (χ1n) is 7.84. The zero-order valence-electron chi connectivity index (χ0n) is 13.8. The minimum Gasteiger partial charge on any atom is -0.480 e. The molecular formula is C14H24N4O7. The molecule has 142 valence electrons. The van der Waals surface area contributed by atoms with Crippen molar-refractivity contribution in [3.63, 3.8) is 0 Å². The number of carboxylic acid groups (broad SMARTS) is 1. The van der Waals surface area contributed by atoms with E-state index in [1.807, 2.05) is 0 Å². The quantitative estimate of drug-likeness (QED) is 0.256. The maximum absolute atomic E-state index is 12.6. The van der Waals surface area contributed by atoms with Gasteiger partial charge in [-0.2, -0.15) is 0 Å². The Kier molecular flexibility index (Phi) is 7.74. The average Bonchev–Trinajstić information content (AvgIpc) is 3.05. The predicted octanol–water partition coefficient (Wildman–Crippen LogP) is -3.64. The second-order valence-corrected chi connectivity index (χ2v) is 5.76. The first-order valence-corrected chi connectivity index (χ1v) is 7.84. The number of rotatable bonds is 8. The van der Waals surface area contributed by atoms with Crippen LogP contribution in [-0.2, 0) is 19.2 Å². The molecule has 3 amide bonds. The molecule has 1 fully saturated rings. The number of carbonyl (C=O) groups is 4. The third kappa shape index (κ3) is 5.37. The number of nitrogens with zero attached hydrogens (tertiary/aromatic N) is 1. The Morgan fingerprint density at radius 3 is 2.40 bits per heavy atom. The fraction of sp³-hybridized carbons (Fsp3) is 0.714. The summed E-state index contributed by atoms with van der Waals surface area (Å²) in [7, 11) is 0. The third-order valence-electron chi connectivity index (χ3n) is 3.89. The molecule has 7 N–H and O–H groups in total. The Bertz CT molecular complexity index is 525. The number of amides is 3. The highest BCUT2D eigenvalue weighted by atomic mass is 16.4. The van der Waals surface area contributed by atoms with Crippen molar-refractivity contribution in [1.29, 1.82) is 0 Å². The van der Waals surface area contributed by atoms with E-state index in [9.17, 15) is 24.3 Å². The summed E-state index contributed by atoms with van der Waals surface area (Å²) in [6, 6.07) is -3.69. The van der Waals surface area contributed by atoms with E-state index in [2.05, 4.69) is 10.6 Å². The number of carboxylic acids is 1. The summed E-state index contributed by atoms with van der Waals surface area (Å²) in [4.78, 5) is 48.4. The summed E-state index contributed by atoms with van der Waals surface area (Å²) in [5.41, 5.74) is 5.19. The lowest BCUT2D eigenvalue weighted by atomic mass is 10.1. The van der Waals surface area contributed by atoms with Crippen molar-refractivity contribution in [3.05, 3.63) is 0 Å². The standard InChI is InChI=1S/C14H24N4O7/c1-7(20)11(17-10(21)5-15)13(23)18-4-2-3-9(18)12(22)16-8(6-19)14(24)25/h7-9,11,19-20H,2-6,15H2,1H3,(H,16,22)(H,17,21)(H,24,25). The Morgan fingerprint density at radius 1 is 1.28 bits per heavy atom. The molecule has 11 heteroatoms. The highest BCUT2D eigenvalue weighted by molar-refractivity contribution is 5.94. The smallest absolute Gasteiger partial charge is 0.328 e. The number of aliphatic carboxylic acids is 1. The molecule has 0 bridgehead atoms. The van der Waals surface area contributed by atoms with Crippen molar-refractivity contribution in [2.75, 3.05) is 19.7 Å². The van der Waals surface area contributed by atoms with Crippen LogP contribution >= 0.6 is 0 Å². The maximum Gasteiger partial charge on any atom is 0.328 e. The summed E-state index contributed by atoms with van der Waals surface area (Å²) < 4.78 is 0. The number of nitrogens with two attached hydrogens (primary N) is 1. The fourth-order valence-electron chi connectivity index (χ4n) is 2.56. The van der Waals surface area contributed by atoms with E-state index in [1.54, 1.807) is 0 Å². The van der Waals surface area contributed by atoms with Crippen molar-refractivity contribution < 1.29 is 34.5 Å². The molecule has 4 atom stereocenters. The highest BCUT2D eigenvalue weighted by Gasteiger charge is 2.39. The van der Waals surface area contributed by atoms with Crippen LogP contribution in [0.5, 0.6) is 0 Å². The predicted molar refractivity (Wildman–Crippen MR) is 84.1 cm³/mol. The highest BCUT2D eigenvalue weighted by Crippen LogP contribution is 2.19. The van der Waals surface area contributed by atoms with E-state index < -0.39 is 54.5 Å². The number of carbonyl (C=O) groups excluding carboxylic acids is 3. The number of hydrogen-bond donors (Lipinski definition) is 6. The van der Waals surface area contributed by atoms with Crippen LogP contribution in [0.25, 0.3) is 0 Å². The van der Waals surface area contributed by atoms with Crippen LogP contribution < -0.4 is 16.4 Å². The van der Waals surface area contributed by atoms with Gasteiger partial charge in [0.25, 0.3) is 0 Å². The van der Waals surface area contributed by atoms with Crippen molar-refractivity contribution in [2.24, 2.45) is 5.73 Å². The van der Waals surface area contributed by atoms with Gasteiger partial charge >= 0.3 is 5.97 Å². The van der Waals surface area contributed by atoms with Gasteiger partial charge in [-0.15, -0.1) is 0 Å². The lowest BCUT2D eigenvalue weighted by Gasteiger charge is -2.30. The molecule has 0 aromatic rings. The molecule has 1 saturated heterocycles. The number of nitrogens with one attached hydrogen (secondary N) is 2. The monoisotopic (exact) mass is 360 g/mol. The van der Waals surface area contributed by atoms with Gasteiger partial charge in [0.1, 0.15) is 18.1 Å². The third-order valence-corrected chi connectivity index (χ3v) is 3.89. The number of likely N-dealkylation sites (tertiary alicyclic amines) is 1. The maximum atomic E-state index is 12.6. The SMILES string of the molecule is CC(O)C(NC(=O)CN)C(=O)N1CCCC1C(=O)NC(CO)C(=O)O. The summed E-state index contributed by atoms with van der Waals surface area (Å²) in [5, 5.41) is 32.1. The zero-order valence-corrected chi connectivity index (χ0v) is 13.8. The second-order valence-electron chi connectivity index (χ2n) is 5.76. The lowest BCUT2D eigenvalue weighted by Crippen LogP contribution is -2.58. The molecule has 1 aliphatic rings. The number of hydrogen-bond acceptors (Lipinski definition) is 7. The van der Waals surface area contributed by atoms with E-state index >= 15 is 0 Å². The molecule has 4 unspecified atom stereocenters. The molecule has 0 spiro atoms. The van der Waals surface area contributed by atoms with Gasteiger partial charge < -0.3 is 36.6 Å². The van der Waals surface area contributed by atoms with Crippen molar-refractivity contribution >= 4 is 23.7 Å². The summed E-state index contributed by atoms with van der Waals surface area (Å²) in [6.07, 6.45) is -0.415. The topological polar surface area (TPSA) is 182 Å². The first-order chi connectivity index (χ1) is 11.7. The van der Waals surface area contributed by atoms with Gasteiger partial charge in [-0.3, -0.25) is 14.4 Å². The first kappa shape index (κ1) is 20.8. The van der Waals surface area contributed by atoms with Crippen LogP contribution in [0.1, 0.15) is 19.8 Å². The van der Waals surface area contributed by atoms with Gasteiger partial charge in [0, 0.05) is 6.54 Å². The molecule has 25 heavy (non-hydrogen) atoms. The largest absolute Gasteiger partial charge is 0.480 e. The number of aliphatic hydroxyl groups is 2. The van der Waals surface area contributed by atoms with E-state index in [0.717, 1.165) is 0 Å². The molecule has 0 aromatic carbocycles. The molecule has 0 aliphatic carbocycles. The Morgan fingerprint density at radius 2 is 1.92 bits per heavy atom. The minimum atomic E-state index is -1.48. The van der Waals surface area contributed by atoms with Gasteiger partial charge in [0.05, 0.1) is 19.3 Å². The van der Waals surface area contributed by atoms with Crippen LogP contribution in [0.2, 0.25) is 0 Å². The van der Waals surface area contributed by atoms with Crippen molar-refractivity contribution in [2.45, 2.75) is 44.0 Å². The Balaban J connectivity index is 2.87. The summed E-state index contributed by atoms with van der Waals surface area (Å²) >= 11 is 0. The van der Waals surface area contributed by atoms with Gasteiger partial charge in [-0.25, -0.2) is 4.79 Å². The molecule has 0 saturated carbocycles. The van der Waals surface area contributed by atoms with Crippen molar-refractivity contribution in [3.8, 4) is 0 Å².